The molecule has 7 heteroatoms. The van der Waals surface area contributed by atoms with Crippen LogP contribution in [-0.4, -0.2) is 26.7 Å². The molecule has 164 valence electrons. The lowest BCUT2D eigenvalue weighted by Gasteiger charge is -2.14. The molecule has 0 unspecified atom stereocenters. The first kappa shape index (κ1) is 24.3. The van der Waals surface area contributed by atoms with Gasteiger partial charge in [-0.2, -0.15) is 5.26 Å². The molecule has 2 rings (SSSR count). The summed E-state index contributed by atoms with van der Waals surface area (Å²) in [6.45, 7) is 2.76. The number of amides is 1. The fourth-order valence-electron chi connectivity index (χ4n) is 2.85. The van der Waals surface area contributed by atoms with Crippen molar-refractivity contribution < 1.29 is 19.0 Å². The van der Waals surface area contributed by atoms with Crippen molar-refractivity contribution in [3.05, 3.63) is 52.0 Å². The van der Waals surface area contributed by atoms with E-state index in [1.807, 2.05) is 6.07 Å². The van der Waals surface area contributed by atoms with Gasteiger partial charge in [-0.25, -0.2) is 0 Å². The molecule has 0 aliphatic heterocycles. The van der Waals surface area contributed by atoms with Crippen molar-refractivity contribution in [1.29, 1.82) is 5.26 Å². The van der Waals surface area contributed by atoms with E-state index in [9.17, 15) is 10.1 Å². The van der Waals surface area contributed by atoms with E-state index in [2.05, 4.69) is 28.2 Å². The second-order valence-corrected chi connectivity index (χ2v) is 7.65. The predicted octanol–water partition coefficient (Wildman–Crippen LogP) is 5.97. The molecule has 0 heterocycles. The average Bonchev–Trinajstić information content (AvgIpc) is 2.78. The Morgan fingerprint density at radius 2 is 1.87 bits per heavy atom. The summed E-state index contributed by atoms with van der Waals surface area (Å²) in [6, 6.07) is 12.4. The highest BCUT2D eigenvalue weighted by Crippen LogP contribution is 2.37. The van der Waals surface area contributed by atoms with Crippen molar-refractivity contribution >= 4 is 33.6 Å². The van der Waals surface area contributed by atoms with Gasteiger partial charge < -0.3 is 19.5 Å². The topological polar surface area (TPSA) is 80.6 Å². The molecule has 0 spiro atoms. The molecule has 0 saturated heterocycles. The van der Waals surface area contributed by atoms with Crippen LogP contribution >= 0.6 is 15.9 Å². The molecule has 31 heavy (non-hydrogen) atoms. The van der Waals surface area contributed by atoms with Crippen LogP contribution in [0.5, 0.6) is 17.2 Å². The zero-order chi connectivity index (χ0) is 22.6. The molecule has 2 aromatic carbocycles. The summed E-state index contributed by atoms with van der Waals surface area (Å²) >= 11 is 3.51. The standard InChI is InChI=1S/C24H27BrN2O4/c1-4-5-6-7-12-31-23-21(25)14-17(15-22(23)30-3)13-18(16-26)24(28)27-19-8-10-20(29-2)11-9-19/h8-11,13-15H,4-7,12H2,1-3H3,(H,27,28)/b18-13-. The fourth-order valence-corrected chi connectivity index (χ4v) is 3.43. The molecule has 0 atom stereocenters. The smallest absolute Gasteiger partial charge is 0.266 e. The predicted molar refractivity (Wildman–Crippen MR) is 126 cm³/mol. The number of ether oxygens (including phenoxy) is 3. The summed E-state index contributed by atoms with van der Waals surface area (Å²) in [5.74, 6) is 1.32. The summed E-state index contributed by atoms with van der Waals surface area (Å²) in [5, 5.41) is 12.2. The lowest BCUT2D eigenvalue weighted by molar-refractivity contribution is -0.112. The molecular weight excluding hydrogens is 460 g/mol. The maximum Gasteiger partial charge on any atom is 0.266 e. The number of nitrogens with zero attached hydrogens (tertiary/aromatic N) is 1. The van der Waals surface area contributed by atoms with Crippen LogP contribution in [0, 0.1) is 11.3 Å². The molecule has 6 nitrogen and oxygen atoms in total. The summed E-state index contributed by atoms with van der Waals surface area (Å²) in [5.41, 5.74) is 1.18. The minimum Gasteiger partial charge on any atom is -0.497 e. The third-order valence-corrected chi connectivity index (χ3v) is 5.11. The SMILES string of the molecule is CCCCCCOc1c(Br)cc(/C=C(/C#N)C(=O)Nc2ccc(OC)cc2)cc1OC. The third kappa shape index (κ3) is 7.34. The van der Waals surface area contributed by atoms with Crippen LogP contribution in [-0.2, 0) is 4.79 Å². The minimum absolute atomic E-state index is 0.0296. The van der Waals surface area contributed by atoms with Crippen molar-refractivity contribution in [2.24, 2.45) is 0 Å². The van der Waals surface area contributed by atoms with E-state index in [0.29, 0.717) is 39.6 Å². The summed E-state index contributed by atoms with van der Waals surface area (Å²) in [7, 11) is 3.13. The molecule has 1 amide bonds. The summed E-state index contributed by atoms with van der Waals surface area (Å²) in [6.07, 6.45) is 5.95. The van der Waals surface area contributed by atoms with E-state index < -0.39 is 5.91 Å². The maximum absolute atomic E-state index is 12.5. The third-order valence-electron chi connectivity index (χ3n) is 4.52. The number of hydrogen-bond donors (Lipinski definition) is 1. The lowest BCUT2D eigenvalue weighted by Crippen LogP contribution is -2.13. The molecule has 1 N–H and O–H groups in total. The molecule has 2 aromatic rings. The Bertz CT molecular complexity index is 949. The Morgan fingerprint density at radius 3 is 2.48 bits per heavy atom. The van der Waals surface area contributed by atoms with Crippen molar-refractivity contribution in [3.8, 4) is 23.3 Å². The normalized spacial score (nSPS) is 10.9. The first-order valence-electron chi connectivity index (χ1n) is 10.1. The summed E-state index contributed by atoms with van der Waals surface area (Å²) < 4.78 is 17.1. The number of nitriles is 1. The molecule has 0 aliphatic rings. The fraction of sp³-hybridized carbons (Fsp3) is 0.333. The molecule has 0 aliphatic carbocycles. The van der Waals surface area contributed by atoms with Crippen molar-refractivity contribution in [2.45, 2.75) is 32.6 Å². The van der Waals surface area contributed by atoms with E-state index in [4.69, 9.17) is 14.2 Å². The first-order chi connectivity index (χ1) is 15.0. The number of rotatable bonds is 11. The van der Waals surface area contributed by atoms with Crippen LogP contribution in [0.2, 0.25) is 0 Å². The molecule has 0 fully saturated rings. The number of benzene rings is 2. The van der Waals surface area contributed by atoms with E-state index in [0.717, 1.165) is 12.8 Å². The van der Waals surface area contributed by atoms with Gasteiger partial charge >= 0.3 is 0 Å². The number of anilines is 1. The van der Waals surface area contributed by atoms with E-state index >= 15 is 0 Å². The van der Waals surface area contributed by atoms with Crippen LogP contribution in [0.15, 0.2) is 46.4 Å². The van der Waals surface area contributed by atoms with Crippen LogP contribution in [0.4, 0.5) is 5.69 Å². The van der Waals surface area contributed by atoms with Gasteiger partial charge in [0.05, 0.1) is 25.3 Å². The number of halogens is 1. The average molecular weight is 487 g/mol. The van der Waals surface area contributed by atoms with Crippen LogP contribution in [0.1, 0.15) is 38.2 Å². The van der Waals surface area contributed by atoms with Gasteiger partial charge in [0.25, 0.3) is 5.91 Å². The minimum atomic E-state index is -0.501. The van der Waals surface area contributed by atoms with Gasteiger partial charge in [0.2, 0.25) is 0 Å². The van der Waals surface area contributed by atoms with E-state index in [-0.39, 0.29) is 5.57 Å². The highest BCUT2D eigenvalue weighted by Gasteiger charge is 2.14. The molecule has 0 radical (unpaired) electrons. The Labute approximate surface area is 191 Å². The number of carbonyl (C=O) groups excluding carboxylic acids is 1. The Hall–Kier alpha value is -2.98. The second kappa shape index (κ2) is 12.7. The zero-order valence-corrected chi connectivity index (χ0v) is 19.6. The number of carbonyl (C=O) groups is 1. The quantitative estimate of drug-likeness (QED) is 0.240. The van der Waals surface area contributed by atoms with Crippen LogP contribution in [0.3, 0.4) is 0 Å². The Balaban J connectivity index is 2.16. The van der Waals surface area contributed by atoms with Crippen molar-refractivity contribution in [2.75, 3.05) is 26.1 Å². The zero-order valence-electron chi connectivity index (χ0n) is 18.0. The number of nitrogens with one attached hydrogen (secondary N) is 1. The van der Waals surface area contributed by atoms with Crippen LogP contribution < -0.4 is 19.5 Å². The van der Waals surface area contributed by atoms with Crippen molar-refractivity contribution in [3.63, 3.8) is 0 Å². The van der Waals surface area contributed by atoms with E-state index in [1.165, 1.54) is 18.9 Å². The first-order valence-corrected chi connectivity index (χ1v) is 10.9. The lowest BCUT2D eigenvalue weighted by atomic mass is 10.1. The highest BCUT2D eigenvalue weighted by atomic mass is 79.9. The van der Waals surface area contributed by atoms with Gasteiger partial charge in [0.15, 0.2) is 11.5 Å². The number of unbranched alkanes of at least 4 members (excludes halogenated alkanes) is 3. The van der Waals surface area contributed by atoms with Gasteiger partial charge in [0.1, 0.15) is 17.4 Å². The van der Waals surface area contributed by atoms with Gasteiger partial charge in [-0.1, -0.05) is 26.2 Å². The largest absolute Gasteiger partial charge is 0.497 e. The van der Waals surface area contributed by atoms with Crippen LogP contribution in [0.25, 0.3) is 6.08 Å². The molecule has 0 aromatic heterocycles. The van der Waals surface area contributed by atoms with Gasteiger partial charge in [-0.3, -0.25) is 4.79 Å². The number of hydrogen-bond acceptors (Lipinski definition) is 5. The maximum atomic E-state index is 12.5. The van der Waals surface area contributed by atoms with Gasteiger partial charge in [0, 0.05) is 5.69 Å². The second-order valence-electron chi connectivity index (χ2n) is 6.80. The number of methoxy groups -OCH3 is 2. The Morgan fingerprint density at radius 1 is 1.13 bits per heavy atom. The monoisotopic (exact) mass is 486 g/mol. The van der Waals surface area contributed by atoms with Gasteiger partial charge in [-0.15, -0.1) is 0 Å². The van der Waals surface area contributed by atoms with Gasteiger partial charge in [-0.05, 0) is 70.4 Å². The molecule has 0 saturated carbocycles. The van der Waals surface area contributed by atoms with E-state index in [1.54, 1.807) is 50.6 Å². The summed E-state index contributed by atoms with van der Waals surface area (Å²) in [4.78, 5) is 12.5. The Kier molecular flexibility index (Phi) is 9.92. The highest BCUT2D eigenvalue weighted by molar-refractivity contribution is 9.10. The molecular formula is C24H27BrN2O4. The van der Waals surface area contributed by atoms with Crippen molar-refractivity contribution in [1.82, 2.24) is 0 Å². The molecule has 0 bridgehead atoms.